The second-order valence-electron chi connectivity index (χ2n) is 3.95. The Balaban J connectivity index is 2.13. The average molecular weight is 266 g/mol. The SMILES string of the molecule is Cc1ccc(S(=O)(=O)NCc2cn[nH]c2N)cc1. The summed E-state index contributed by atoms with van der Waals surface area (Å²) in [6.45, 7) is 2.01. The molecule has 0 saturated carbocycles. The van der Waals surface area contributed by atoms with Crippen molar-refractivity contribution in [2.75, 3.05) is 5.73 Å². The van der Waals surface area contributed by atoms with E-state index in [2.05, 4.69) is 14.9 Å². The molecule has 0 aliphatic carbocycles. The number of sulfonamides is 1. The number of nitrogens with zero attached hydrogens (tertiary/aromatic N) is 1. The summed E-state index contributed by atoms with van der Waals surface area (Å²) in [7, 11) is -3.52. The molecule has 0 atom stereocenters. The third-order valence-corrected chi connectivity index (χ3v) is 3.95. The van der Waals surface area contributed by atoms with Crippen LogP contribution >= 0.6 is 0 Å². The minimum atomic E-state index is -3.52. The molecule has 0 saturated heterocycles. The van der Waals surface area contributed by atoms with Crippen LogP contribution in [-0.2, 0) is 16.6 Å². The third-order valence-electron chi connectivity index (χ3n) is 2.54. The summed E-state index contributed by atoms with van der Waals surface area (Å²) in [5.74, 6) is 0.363. The van der Waals surface area contributed by atoms with E-state index in [1.165, 1.54) is 6.20 Å². The molecule has 0 radical (unpaired) electrons. The number of nitrogens with two attached hydrogens (primary N) is 1. The zero-order valence-corrected chi connectivity index (χ0v) is 10.7. The lowest BCUT2D eigenvalue weighted by atomic mass is 10.2. The van der Waals surface area contributed by atoms with Crippen LogP contribution in [0.15, 0.2) is 35.4 Å². The molecule has 1 aromatic carbocycles. The molecule has 0 bridgehead atoms. The first-order chi connectivity index (χ1) is 8.49. The van der Waals surface area contributed by atoms with E-state index in [4.69, 9.17) is 5.73 Å². The smallest absolute Gasteiger partial charge is 0.240 e. The molecule has 1 heterocycles. The fraction of sp³-hybridized carbons (Fsp3) is 0.182. The Bertz CT molecular complexity index is 631. The third kappa shape index (κ3) is 2.69. The molecular weight excluding hydrogens is 252 g/mol. The molecule has 0 fully saturated rings. The van der Waals surface area contributed by atoms with Gasteiger partial charge in [-0.2, -0.15) is 5.10 Å². The van der Waals surface area contributed by atoms with Crippen molar-refractivity contribution in [2.45, 2.75) is 18.4 Å². The predicted octanol–water partition coefficient (Wildman–Crippen LogP) is 0.779. The molecule has 7 heteroatoms. The van der Waals surface area contributed by atoms with Crippen LogP contribution in [0.4, 0.5) is 5.82 Å². The Hall–Kier alpha value is -1.86. The number of rotatable bonds is 4. The van der Waals surface area contributed by atoms with Gasteiger partial charge < -0.3 is 5.73 Å². The molecule has 18 heavy (non-hydrogen) atoms. The highest BCUT2D eigenvalue weighted by atomic mass is 32.2. The average Bonchev–Trinajstić information content (AvgIpc) is 2.73. The minimum Gasteiger partial charge on any atom is -0.384 e. The highest BCUT2D eigenvalue weighted by Gasteiger charge is 2.14. The van der Waals surface area contributed by atoms with Gasteiger partial charge in [0.15, 0.2) is 0 Å². The Morgan fingerprint density at radius 1 is 1.33 bits per heavy atom. The molecule has 2 rings (SSSR count). The van der Waals surface area contributed by atoms with E-state index in [0.717, 1.165) is 5.56 Å². The van der Waals surface area contributed by atoms with Crippen molar-refractivity contribution in [3.63, 3.8) is 0 Å². The summed E-state index contributed by atoms with van der Waals surface area (Å²) in [5, 5.41) is 6.27. The van der Waals surface area contributed by atoms with Crippen molar-refractivity contribution < 1.29 is 8.42 Å². The standard InChI is InChI=1S/C11H14N4O2S/c1-8-2-4-10(5-3-8)18(16,17)14-7-9-6-13-15-11(9)12/h2-6,14H,7H2,1H3,(H3,12,13,15). The van der Waals surface area contributed by atoms with Crippen LogP contribution in [0.5, 0.6) is 0 Å². The van der Waals surface area contributed by atoms with Crippen LogP contribution in [0, 0.1) is 6.92 Å². The lowest BCUT2D eigenvalue weighted by Crippen LogP contribution is -2.23. The number of hydrogen-bond donors (Lipinski definition) is 3. The Morgan fingerprint density at radius 3 is 2.56 bits per heavy atom. The maximum atomic E-state index is 12.0. The number of anilines is 1. The van der Waals surface area contributed by atoms with Crippen LogP contribution in [0.1, 0.15) is 11.1 Å². The zero-order valence-electron chi connectivity index (χ0n) is 9.84. The first kappa shape index (κ1) is 12.6. The number of benzene rings is 1. The van der Waals surface area contributed by atoms with Gasteiger partial charge in [-0.15, -0.1) is 0 Å². The molecule has 0 aliphatic heterocycles. The molecule has 0 amide bonds. The van der Waals surface area contributed by atoms with Gasteiger partial charge in [0.2, 0.25) is 10.0 Å². The first-order valence-electron chi connectivity index (χ1n) is 5.33. The predicted molar refractivity (Wildman–Crippen MR) is 68.2 cm³/mol. The summed E-state index contributed by atoms with van der Waals surface area (Å²) in [6, 6.07) is 6.63. The number of aromatic amines is 1. The van der Waals surface area contributed by atoms with Crippen LogP contribution in [0.25, 0.3) is 0 Å². The van der Waals surface area contributed by atoms with Gasteiger partial charge >= 0.3 is 0 Å². The molecule has 2 aromatic rings. The van der Waals surface area contributed by atoms with Crippen molar-refractivity contribution in [1.29, 1.82) is 0 Å². The Labute approximate surface area is 105 Å². The summed E-state index contributed by atoms with van der Waals surface area (Å²) >= 11 is 0. The molecule has 1 aromatic heterocycles. The van der Waals surface area contributed by atoms with E-state index in [0.29, 0.717) is 11.4 Å². The van der Waals surface area contributed by atoms with Crippen molar-refractivity contribution >= 4 is 15.8 Å². The van der Waals surface area contributed by atoms with Gasteiger partial charge in [-0.3, -0.25) is 5.10 Å². The number of aromatic nitrogens is 2. The molecule has 0 unspecified atom stereocenters. The van der Waals surface area contributed by atoms with E-state index in [9.17, 15) is 8.42 Å². The van der Waals surface area contributed by atoms with Crippen LogP contribution < -0.4 is 10.5 Å². The van der Waals surface area contributed by atoms with Gasteiger partial charge in [0.25, 0.3) is 0 Å². The lowest BCUT2D eigenvalue weighted by Gasteiger charge is -2.06. The molecule has 0 spiro atoms. The van der Waals surface area contributed by atoms with Crippen molar-refractivity contribution in [2.24, 2.45) is 0 Å². The lowest BCUT2D eigenvalue weighted by molar-refractivity contribution is 0.581. The van der Waals surface area contributed by atoms with E-state index in [1.807, 2.05) is 6.92 Å². The van der Waals surface area contributed by atoms with E-state index < -0.39 is 10.0 Å². The van der Waals surface area contributed by atoms with Crippen molar-refractivity contribution in [3.05, 3.63) is 41.6 Å². The van der Waals surface area contributed by atoms with Crippen molar-refractivity contribution in [3.8, 4) is 0 Å². The number of aryl methyl sites for hydroxylation is 1. The highest BCUT2D eigenvalue weighted by Crippen LogP contribution is 2.12. The minimum absolute atomic E-state index is 0.110. The molecule has 0 aliphatic rings. The van der Waals surface area contributed by atoms with Gasteiger partial charge in [-0.25, -0.2) is 13.1 Å². The summed E-state index contributed by atoms with van der Waals surface area (Å²) < 4.78 is 26.4. The summed E-state index contributed by atoms with van der Waals surface area (Å²) in [4.78, 5) is 0.232. The summed E-state index contributed by atoms with van der Waals surface area (Å²) in [5.41, 5.74) is 7.20. The van der Waals surface area contributed by atoms with E-state index >= 15 is 0 Å². The number of nitrogens with one attached hydrogen (secondary N) is 2. The Morgan fingerprint density at radius 2 is 2.00 bits per heavy atom. The molecular formula is C11H14N4O2S. The van der Waals surface area contributed by atoms with Crippen LogP contribution in [0.2, 0.25) is 0 Å². The van der Waals surface area contributed by atoms with Gasteiger partial charge in [-0.1, -0.05) is 17.7 Å². The van der Waals surface area contributed by atoms with Crippen LogP contribution in [0.3, 0.4) is 0 Å². The Kier molecular flexibility index (Phi) is 3.35. The number of hydrogen-bond acceptors (Lipinski definition) is 4. The van der Waals surface area contributed by atoms with Crippen molar-refractivity contribution in [1.82, 2.24) is 14.9 Å². The van der Waals surface area contributed by atoms with Crippen LogP contribution in [-0.4, -0.2) is 18.6 Å². The molecule has 6 nitrogen and oxygen atoms in total. The molecule has 4 N–H and O–H groups in total. The largest absolute Gasteiger partial charge is 0.384 e. The first-order valence-corrected chi connectivity index (χ1v) is 6.81. The second-order valence-corrected chi connectivity index (χ2v) is 5.71. The van der Waals surface area contributed by atoms with Gasteiger partial charge in [0.05, 0.1) is 11.1 Å². The summed E-state index contributed by atoms with van der Waals surface area (Å²) in [6.07, 6.45) is 1.49. The maximum absolute atomic E-state index is 12.0. The van der Waals surface area contributed by atoms with Gasteiger partial charge in [0.1, 0.15) is 5.82 Å². The quantitative estimate of drug-likeness (QED) is 0.761. The maximum Gasteiger partial charge on any atom is 0.240 e. The van der Waals surface area contributed by atoms with Gasteiger partial charge in [-0.05, 0) is 19.1 Å². The second kappa shape index (κ2) is 4.79. The zero-order chi connectivity index (χ0) is 13.2. The fourth-order valence-electron chi connectivity index (χ4n) is 1.44. The number of H-pyrrole nitrogens is 1. The topological polar surface area (TPSA) is 101 Å². The fourth-order valence-corrected chi connectivity index (χ4v) is 2.44. The van der Waals surface area contributed by atoms with Gasteiger partial charge in [0, 0.05) is 12.1 Å². The monoisotopic (exact) mass is 266 g/mol. The highest BCUT2D eigenvalue weighted by molar-refractivity contribution is 7.89. The van der Waals surface area contributed by atoms with E-state index in [-0.39, 0.29) is 11.4 Å². The van der Waals surface area contributed by atoms with E-state index in [1.54, 1.807) is 24.3 Å². The number of nitrogen functional groups attached to an aromatic ring is 1. The normalized spacial score (nSPS) is 11.6. The molecule has 96 valence electrons.